The van der Waals surface area contributed by atoms with E-state index >= 15 is 0 Å². The van der Waals surface area contributed by atoms with E-state index < -0.39 is 0 Å². The van der Waals surface area contributed by atoms with Crippen LogP contribution in [-0.2, 0) is 0 Å². The first-order valence-electron chi connectivity index (χ1n) is 13.7. The van der Waals surface area contributed by atoms with Gasteiger partial charge in [0.1, 0.15) is 16.9 Å². The highest BCUT2D eigenvalue weighted by atomic mass is 16.3. The molecule has 4 heteroatoms. The third-order valence-electron chi connectivity index (χ3n) is 7.69. The SMILES string of the molecule is Cc1cc(C)c(-c2cc(-c3ccccc3O)nc(-c3cc(-c4ccccn4)cc4c3oc3ccccc34)c2)c(C)c1. The molecule has 0 spiro atoms. The van der Waals surface area contributed by atoms with Crippen LogP contribution < -0.4 is 0 Å². The number of benzene rings is 4. The zero-order chi connectivity index (χ0) is 28.1. The minimum Gasteiger partial charge on any atom is -0.507 e. The largest absolute Gasteiger partial charge is 0.507 e. The van der Waals surface area contributed by atoms with Crippen molar-refractivity contribution in [2.45, 2.75) is 20.8 Å². The summed E-state index contributed by atoms with van der Waals surface area (Å²) in [6.07, 6.45) is 1.81. The Hall–Kier alpha value is -5.22. The van der Waals surface area contributed by atoms with Gasteiger partial charge in [-0.2, -0.15) is 0 Å². The van der Waals surface area contributed by atoms with Crippen molar-refractivity contribution in [2.75, 3.05) is 0 Å². The van der Waals surface area contributed by atoms with Crippen LogP contribution in [-0.4, -0.2) is 15.1 Å². The molecule has 0 bridgehead atoms. The van der Waals surface area contributed by atoms with E-state index in [0.717, 1.165) is 55.6 Å². The molecule has 3 heterocycles. The lowest BCUT2D eigenvalue weighted by Gasteiger charge is -2.16. The number of aromatic hydroxyl groups is 1. The molecule has 0 aliphatic carbocycles. The minimum absolute atomic E-state index is 0.191. The van der Waals surface area contributed by atoms with Crippen molar-refractivity contribution >= 4 is 21.9 Å². The first kappa shape index (κ1) is 24.8. The van der Waals surface area contributed by atoms with Crippen LogP contribution in [0.3, 0.4) is 0 Å². The van der Waals surface area contributed by atoms with Crippen molar-refractivity contribution < 1.29 is 9.52 Å². The number of para-hydroxylation sites is 2. The van der Waals surface area contributed by atoms with Crippen LogP contribution in [0.1, 0.15) is 16.7 Å². The molecule has 7 rings (SSSR count). The van der Waals surface area contributed by atoms with Gasteiger partial charge in [-0.25, -0.2) is 4.98 Å². The second kappa shape index (κ2) is 9.76. The van der Waals surface area contributed by atoms with Crippen LogP contribution in [0.2, 0.25) is 0 Å². The summed E-state index contributed by atoms with van der Waals surface area (Å²) in [6.45, 7) is 6.42. The predicted molar refractivity (Wildman–Crippen MR) is 167 cm³/mol. The Balaban J connectivity index is 1.58. The van der Waals surface area contributed by atoms with Crippen LogP contribution in [0.25, 0.3) is 66.8 Å². The zero-order valence-corrected chi connectivity index (χ0v) is 23.1. The van der Waals surface area contributed by atoms with E-state index in [2.05, 4.69) is 68.2 Å². The quantitative estimate of drug-likeness (QED) is 0.245. The molecule has 0 unspecified atom stereocenters. The molecule has 7 aromatic rings. The molecule has 3 aromatic heterocycles. The van der Waals surface area contributed by atoms with Gasteiger partial charge in [-0.1, -0.05) is 54.1 Å². The number of hydrogen-bond acceptors (Lipinski definition) is 4. The van der Waals surface area contributed by atoms with Crippen LogP contribution in [0, 0.1) is 20.8 Å². The van der Waals surface area contributed by atoms with E-state index in [-0.39, 0.29) is 5.75 Å². The fourth-order valence-electron chi connectivity index (χ4n) is 5.98. The average molecular weight is 533 g/mol. The highest BCUT2D eigenvalue weighted by Gasteiger charge is 2.19. The highest BCUT2D eigenvalue weighted by Crippen LogP contribution is 2.42. The molecule has 198 valence electrons. The summed E-state index contributed by atoms with van der Waals surface area (Å²) < 4.78 is 6.50. The number of aryl methyl sites for hydroxylation is 3. The van der Waals surface area contributed by atoms with Crippen molar-refractivity contribution in [1.82, 2.24) is 9.97 Å². The van der Waals surface area contributed by atoms with Gasteiger partial charge >= 0.3 is 0 Å². The third-order valence-corrected chi connectivity index (χ3v) is 7.69. The second-order valence-electron chi connectivity index (χ2n) is 10.6. The molecule has 0 saturated heterocycles. The van der Waals surface area contributed by atoms with Crippen molar-refractivity contribution in [3.8, 4) is 50.6 Å². The maximum atomic E-state index is 10.8. The number of phenols is 1. The third kappa shape index (κ3) is 4.34. The Kier molecular flexibility index (Phi) is 5.90. The molecule has 0 aliphatic rings. The molecule has 4 aromatic carbocycles. The number of furan rings is 1. The Bertz CT molecular complexity index is 2070. The predicted octanol–water partition coefficient (Wildman–Crippen LogP) is 9.67. The summed E-state index contributed by atoms with van der Waals surface area (Å²) in [5.41, 5.74) is 12.3. The molecule has 0 radical (unpaired) electrons. The summed E-state index contributed by atoms with van der Waals surface area (Å²) in [6, 6.07) is 34.3. The molecule has 0 atom stereocenters. The number of rotatable bonds is 4. The van der Waals surface area contributed by atoms with Crippen LogP contribution in [0.4, 0.5) is 0 Å². The summed E-state index contributed by atoms with van der Waals surface area (Å²) in [5, 5.41) is 12.9. The minimum atomic E-state index is 0.191. The van der Waals surface area contributed by atoms with Gasteiger partial charge in [0.05, 0.1) is 17.1 Å². The normalized spacial score (nSPS) is 11.4. The van der Waals surface area contributed by atoms with Crippen molar-refractivity contribution in [3.63, 3.8) is 0 Å². The number of hydrogen-bond donors (Lipinski definition) is 1. The molecule has 0 amide bonds. The van der Waals surface area contributed by atoms with Crippen molar-refractivity contribution in [3.05, 3.63) is 126 Å². The van der Waals surface area contributed by atoms with Gasteiger partial charge in [0.2, 0.25) is 0 Å². The standard InChI is InChI=1S/C37H28N2O2/c1-22-16-23(2)36(24(3)17-22)26-20-32(28-11-4-6-13-34(28)40)39-33(21-26)30-19-25(31-12-8-9-15-38-31)18-29-27-10-5-7-14-35(27)41-37(29)30/h4-21,40H,1-3H3. The molecular weight excluding hydrogens is 504 g/mol. The van der Waals surface area contributed by atoms with Crippen LogP contribution in [0.5, 0.6) is 5.75 Å². The van der Waals surface area contributed by atoms with Crippen molar-refractivity contribution in [2.24, 2.45) is 0 Å². The van der Waals surface area contributed by atoms with Gasteiger partial charge in [-0.15, -0.1) is 0 Å². The lowest BCUT2D eigenvalue weighted by Crippen LogP contribution is -1.96. The maximum Gasteiger partial charge on any atom is 0.144 e. The van der Waals surface area contributed by atoms with Crippen LogP contribution in [0.15, 0.2) is 114 Å². The summed E-state index contributed by atoms with van der Waals surface area (Å²) in [4.78, 5) is 9.80. The van der Waals surface area contributed by atoms with Gasteiger partial charge in [-0.3, -0.25) is 4.98 Å². The number of nitrogens with zero attached hydrogens (tertiary/aromatic N) is 2. The topological polar surface area (TPSA) is 59.2 Å². The Morgan fingerprint density at radius 1 is 0.610 bits per heavy atom. The number of fused-ring (bicyclic) bond motifs is 3. The van der Waals surface area contributed by atoms with E-state index in [0.29, 0.717) is 11.3 Å². The summed E-state index contributed by atoms with van der Waals surface area (Å²) >= 11 is 0. The molecule has 0 aliphatic heterocycles. The van der Waals surface area contributed by atoms with Gasteiger partial charge in [-0.05, 0) is 97.6 Å². The molecule has 41 heavy (non-hydrogen) atoms. The maximum absolute atomic E-state index is 10.8. The lowest BCUT2D eigenvalue weighted by molar-refractivity contribution is 0.477. The Morgan fingerprint density at radius 3 is 2.07 bits per heavy atom. The zero-order valence-electron chi connectivity index (χ0n) is 23.1. The van der Waals surface area contributed by atoms with E-state index in [4.69, 9.17) is 9.40 Å². The Labute approximate surface area is 238 Å². The van der Waals surface area contributed by atoms with E-state index in [9.17, 15) is 5.11 Å². The molecule has 1 N–H and O–H groups in total. The molecular formula is C37H28N2O2. The van der Waals surface area contributed by atoms with Gasteiger partial charge < -0.3 is 9.52 Å². The van der Waals surface area contributed by atoms with Crippen LogP contribution >= 0.6 is 0 Å². The fraction of sp³-hybridized carbons (Fsp3) is 0.0811. The number of pyridine rings is 2. The number of phenolic OH excluding ortho intramolecular Hbond substituents is 1. The Morgan fingerprint density at radius 2 is 1.32 bits per heavy atom. The van der Waals surface area contributed by atoms with E-state index in [1.807, 2.05) is 60.8 Å². The molecule has 0 fully saturated rings. The summed E-state index contributed by atoms with van der Waals surface area (Å²) in [7, 11) is 0. The monoisotopic (exact) mass is 532 g/mol. The van der Waals surface area contributed by atoms with E-state index in [1.165, 1.54) is 16.7 Å². The first-order valence-corrected chi connectivity index (χ1v) is 13.7. The van der Waals surface area contributed by atoms with Gasteiger partial charge in [0.15, 0.2) is 0 Å². The second-order valence-corrected chi connectivity index (χ2v) is 10.6. The van der Waals surface area contributed by atoms with Gasteiger partial charge in [0, 0.05) is 33.7 Å². The number of aromatic nitrogens is 2. The van der Waals surface area contributed by atoms with Gasteiger partial charge in [0.25, 0.3) is 0 Å². The smallest absolute Gasteiger partial charge is 0.144 e. The van der Waals surface area contributed by atoms with Crippen molar-refractivity contribution in [1.29, 1.82) is 0 Å². The average Bonchev–Trinajstić information content (AvgIpc) is 3.35. The highest BCUT2D eigenvalue weighted by molar-refractivity contribution is 6.11. The van der Waals surface area contributed by atoms with E-state index in [1.54, 1.807) is 6.07 Å². The first-order chi connectivity index (χ1) is 20.0. The fourth-order valence-corrected chi connectivity index (χ4v) is 5.98. The summed E-state index contributed by atoms with van der Waals surface area (Å²) in [5.74, 6) is 0.191. The molecule has 0 saturated carbocycles. The lowest BCUT2D eigenvalue weighted by atomic mass is 9.91. The molecule has 4 nitrogen and oxygen atoms in total.